The molecule has 1 aliphatic rings. The summed E-state index contributed by atoms with van der Waals surface area (Å²) in [4.78, 5) is 37.0. The molecule has 0 aromatic heterocycles. The molecule has 0 bridgehead atoms. The molecule has 0 aromatic rings. The number of carbonyl (C=O) groups is 3. The van der Waals surface area contributed by atoms with Gasteiger partial charge in [0.1, 0.15) is 6.54 Å². The van der Waals surface area contributed by atoms with E-state index in [1.54, 1.807) is 18.9 Å². The van der Waals surface area contributed by atoms with Crippen LogP contribution in [0.2, 0.25) is 0 Å². The molecule has 2 unspecified atom stereocenters. The number of nitrogens with one attached hydrogen (secondary N) is 1. The van der Waals surface area contributed by atoms with Gasteiger partial charge in [-0.3, -0.25) is 9.59 Å². The van der Waals surface area contributed by atoms with Crippen LogP contribution >= 0.6 is 0 Å². The number of nitrogens with zero attached hydrogens (tertiary/aromatic N) is 2. The van der Waals surface area contributed by atoms with Crippen LogP contribution in [-0.4, -0.2) is 65.5 Å². The van der Waals surface area contributed by atoms with Crippen molar-refractivity contribution in [2.75, 3.05) is 26.7 Å². The zero-order valence-electron chi connectivity index (χ0n) is 10.8. The molecular formula is C11H19N3O4. The summed E-state index contributed by atoms with van der Waals surface area (Å²) < 4.78 is 0. The van der Waals surface area contributed by atoms with Gasteiger partial charge in [0, 0.05) is 26.2 Å². The fourth-order valence-electron chi connectivity index (χ4n) is 1.56. The van der Waals surface area contributed by atoms with Gasteiger partial charge in [-0.1, -0.05) is 0 Å². The molecule has 0 aromatic carbocycles. The van der Waals surface area contributed by atoms with E-state index in [9.17, 15) is 14.4 Å². The van der Waals surface area contributed by atoms with Crippen LogP contribution in [0.1, 0.15) is 13.8 Å². The first-order chi connectivity index (χ1) is 8.32. The first kappa shape index (κ1) is 14.3. The maximum Gasteiger partial charge on any atom is 0.318 e. The number of carboxylic acids is 1. The van der Waals surface area contributed by atoms with Crippen molar-refractivity contribution >= 4 is 17.9 Å². The van der Waals surface area contributed by atoms with Crippen molar-refractivity contribution < 1.29 is 19.5 Å². The van der Waals surface area contributed by atoms with E-state index in [-0.39, 0.29) is 12.5 Å². The van der Waals surface area contributed by atoms with Crippen molar-refractivity contribution in [3.63, 3.8) is 0 Å². The zero-order chi connectivity index (χ0) is 13.9. The minimum absolute atomic E-state index is 0.0382. The normalized spacial score (nSPS) is 19.4. The summed E-state index contributed by atoms with van der Waals surface area (Å²) in [6, 6.07) is -0.873. The Bertz CT molecular complexity index is 358. The van der Waals surface area contributed by atoms with Gasteiger partial charge in [-0.2, -0.15) is 0 Å². The summed E-state index contributed by atoms with van der Waals surface area (Å²) in [5, 5.41) is 11.4. The van der Waals surface area contributed by atoms with Crippen LogP contribution in [0.3, 0.4) is 0 Å². The first-order valence-corrected chi connectivity index (χ1v) is 5.85. The number of amides is 3. The third-order valence-electron chi connectivity index (χ3n) is 3.24. The molecule has 0 spiro atoms. The van der Waals surface area contributed by atoms with Gasteiger partial charge in [0.15, 0.2) is 0 Å². The predicted octanol–water partition coefficient (Wildman–Crippen LogP) is -0.421. The van der Waals surface area contributed by atoms with E-state index < -0.39 is 24.0 Å². The smallest absolute Gasteiger partial charge is 0.318 e. The van der Waals surface area contributed by atoms with E-state index in [0.29, 0.717) is 13.1 Å². The molecule has 7 nitrogen and oxygen atoms in total. The summed E-state index contributed by atoms with van der Waals surface area (Å²) in [5.74, 6) is -1.75. The second kappa shape index (κ2) is 5.70. The number of carboxylic acid groups (broad SMARTS) is 1. The summed E-state index contributed by atoms with van der Waals surface area (Å²) in [6.45, 7) is 4.16. The van der Waals surface area contributed by atoms with Crippen molar-refractivity contribution in [3.05, 3.63) is 0 Å². The largest absolute Gasteiger partial charge is 0.481 e. The fraction of sp³-hybridized carbons (Fsp3) is 0.727. The van der Waals surface area contributed by atoms with Gasteiger partial charge >= 0.3 is 12.0 Å². The number of urea groups is 1. The van der Waals surface area contributed by atoms with E-state index in [2.05, 4.69) is 5.32 Å². The Morgan fingerprint density at radius 2 is 1.94 bits per heavy atom. The van der Waals surface area contributed by atoms with Crippen molar-refractivity contribution in [1.29, 1.82) is 0 Å². The summed E-state index contributed by atoms with van der Waals surface area (Å²) in [5.41, 5.74) is 0. The van der Waals surface area contributed by atoms with Gasteiger partial charge < -0.3 is 20.2 Å². The van der Waals surface area contributed by atoms with E-state index in [1.807, 2.05) is 0 Å². The number of piperazine rings is 1. The monoisotopic (exact) mass is 257 g/mol. The van der Waals surface area contributed by atoms with Crippen molar-refractivity contribution in [3.8, 4) is 0 Å². The van der Waals surface area contributed by atoms with E-state index >= 15 is 0 Å². The first-order valence-electron chi connectivity index (χ1n) is 5.85. The molecule has 1 rings (SSSR count). The van der Waals surface area contributed by atoms with Crippen LogP contribution in [0.25, 0.3) is 0 Å². The van der Waals surface area contributed by atoms with Gasteiger partial charge in [0.05, 0.1) is 5.92 Å². The molecule has 2 atom stereocenters. The Kier molecular flexibility index (Phi) is 4.52. The molecule has 1 heterocycles. The molecule has 7 heteroatoms. The molecular weight excluding hydrogens is 238 g/mol. The summed E-state index contributed by atoms with van der Waals surface area (Å²) in [6.07, 6.45) is 0. The Balaban J connectivity index is 2.51. The van der Waals surface area contributed by atoms with E-state index in [1.165, 1.54) is 11.8 Å². The molecule has 1 saturated heterocycles. The lowest BCUT2D eigenvalue weighted by atomic mass is 10.0. The lowest BCUT2D eigenvalue weighted by Crippen LogP contribution is -2.55. The highest BCUT2D eigenvalue weighted by Crippen LogP contribution is 2.05. The summed E-state index contributed by atoms with van der Waals surface area (Å²) >= 11 is 0. The van der Waals surface area contributed by atoms with Gasteiger partial charge in [-0.05, 0) is 13.8 Å². The van der Waals surface area contributed by atoms with Crippen LogP contribution in [0, 0.1) is 5.92 Å². The number of hydrogen-bond acceptors (Lipinski definition) is 3. The highest BCUT2D eigenvalue weighted by molar-refractivity contribution is 5.85. The Labute approximate surface area is 106 Å². The third-order valence-corrected chi connectivity index (χ3v) is 3.24. The Hall–Kier alpha value is -1.79. The molecule has 0 saturated carbocycles. The minimum Gasteiger partial charge on any atom is -0.481 e. The van der Waals surface area contributed by atoms with Gasteiger partial charge in [-0.15, -0.1) is 0 Å². The maximum atomic E-state index is 11.8. The van der Waals surface area contributed by atoms with Crippen LogP contribution in [0.5, 0.6) is 0 Å². The van der Waals surface area contributed by atoms with Crippen LogP contribution in [0.4, 0.5) is 4.79 Å². The van der Waals surface area contributed by atoms with Crippen LogP contribution in [-0.2, 0) is 9.59 Å². The number of carbonyl (C=O) groups excluding carboxylic acids is 2. The lowest BCUT2D eigenvalue weighted by Gasteiger charge is -2.33. The Morgan fingerprint density at radius 1 is 1.33 bits per heavy atom. The predicted molar refractivity (Wildman–Crippen MR) is 64.0 cm³/mol. The SMILES string of the molecule is CC(NC(=O)N1CCN(C)C(=O)C1)C(C)C(=O)O. The molecule has 0 radical (unpaired) electrons. The molecule has 1 aliphatic heterocycles. The topological polar surface area (TPSA) is 90.0 Å². The lowest BCUT2D eigenvalue weighted by molar-refractivity contribution is -0.142. The fourth-order valence-corrected chi connectivity index (χ4v) is 1.56. The average Bonchev–Trinajstić information content (AvgIpc) is 2.31. The van der Waals surface area contributed by atoms with Crippen LogP contribution < -0.4 is 5.32 Å². The number of likely N-dealkylation sites (N-methyl/N-ethyl adjacent to an activating group) is 1. The molecule has 18 heavy (non-hydrogen) atoms. The van der Waals surface area contributed by atoms with Crippen molar-refractivity contribution in [2.24, 2.45) is 5.92 Å². The van der Waals surface area contributed by atoms with Gasteiger partial charge in [0.2, 0.25) is 5.91 Å². The number of aliphatic carboxylic acids is 1. The second-order valence-electron chi connectivity index (χ2n) is 4.60. The van der Waals surface area contributed by atoms with E-state index in [4.69, 9.17) is 5.11 Å². The maximum absolute atomic E-state index is 11.8. The summed E-state index contributed by atoms with van der Waals surface area (Å²) in [7, 11) is 1.69. The molecule has 0 aliphatic carbocycles. The van der Waals surface area contributed by atoms with Crippen molar-refractivity contribution in [1.82, 2.24) is 15.1 Å². The Morgan fingerprint density at radius 3 is 2.44 bits per heavy atom. The van der Waals surface area contributed by atoms with Crippen LogP contribution in [0.15, 0.2) is 0 Å². The highest BCUT2D eigenvalue weighted by atomic mass is 16.4. The second-order valence-corrected chi connectivity index (χ2v) is 4.60. The molecule has 1 fully saturated rings. The highest BCUT2D eigenvalue weighted by Gasteiger charge is 2.27. The van der Waals surface area contributed by atoms with Crippen molar-refractivity contribution in [2.45, 2.75) is 19.9 Å². The minimum atomic E-state index is -0.961. The molecule has 3 amide bonds. The molecule has 102 valence electrons. The van der Waals surface area contributed by atoms with Gasteiger partial charge in [0.25, 0.3) is 0 Å². The quantitative estimate of drug-likeness (QED) is 0.718. The number of hydrogen-bond donors (Lipinski definition) is 2. The number of rotatable bonds is 3. The van der Waals surface area contributed by atoms with Gasteiger partial charge in [-0.25, -0.2) is 4.79 Å². The average molecular weight is 257 g/mol. The third kappa shape index (κ3) is 3.35. The molecule has 2 N–H and O–H groups in total. The zero-order valence-corrected chi connectivity index (χ0v) is 10.8. The van der Waals surface area contributed by atoms with E-state index in [0.717, 1.165) is 0 Å². The standard InChI is InChI=1S/C11H19N3O4/c1-7(10(16)17)8(2)12-11(18)14-5-4-13(3)9(15)6-14/h7-8H,4-6H2,1-3H3,(H,12,18)(H,16,17).